The molecule has 1 saturated heterocycles. The van der Waals surface area contributed by atoms with Crippen molar-refractivity contribution in [1.29, 1.82) is 0 Å². The Kier molecular flexibility index (Phi) is 4.53. The molecule has 1 aliphatic heterocycles. The molecule has 1 aromatic heterocycles. The zero-order valence-corrected chi connectivity index (χ0v) is 16.7. The van der Waals surface area contributed by atoms with Gasteiger partial charge in [-0.05, 0) is 36.3 Å². The van der Waals surface area contributed by atoms with Crippen molar-refractivity contribution in [2.75, 3.05) is 6.54 Å². The average molecular weight is 393 g/mol. The monoisotopic (exact) mass is 393 g/mol. The smallest absolute Gasteiger partial charge is 0.315 e. The molecule has 0 bridgehead atoms. The third-order valence-electron chi connectivity index (χ3n) is 6.41. The fraction of sp³-hybridized carbons (Fsp3) is 0.500. The van der Waals surface area contributed by atoms with Gasteiger partial charge in [0.25, 0.3) is 0 Å². The van der Waals surface area contributed by atoms with E-state index in [1.165, 1.54) is 24.0 Å². The summed E-state index contributed by atoms with van der Waals surface area (Å²) in [5.74, 6) is 1.17. The van der Waals surface area contributed by atoms with Crippen molar-refractivity contribution in [3.05, 3.63) is 53.3 Å². The van der Waals surface area contributed by atoms with Gasteiger partial charge in [-0.25, -0.2) is 4.79 Å². The standard InChI is InChI=1S/C22H27N5O2/c1-26-20(18(11-24-26)15-7-8-15)12-23-22(29)25-16-9-21(28)27(13-16)19-10-17(19)14-5-3-2-4-6-14/h2-6,11,15-17,19H,7-10,12-13H2,1H3,(H2,23,25,29). The van der Waals surface area contributed by atoms with Gasteiger partial charge in [-0.2, -0.15) is 5.10 Å². The molecular formula is C22H27N5O2. The number of aromatic nitrogens is 2. The molecular weight excluding hydrogens is 366 g/mol. The molecule has 3 unspecified atom stereocenters. The SMILES string of the molecule is Cn1ncc(C2CC2)c1CNC(=O)NC1CC(=O)N(C2CC2c2ccccc2)C1. The Morgan fingerprint density at radius 2 is 2.03 bits per heavy atom. The summed E-state index contributed by atoms with van der Waals surface area (Å²) in [7, 11) is 1.91. The number of carbonyl (C=O) groups is 2. The number of nitrogens with one attached hydrogen (secondary N) is 2. The van der Waals surface area contributed by atoms with E-state index in [9.17, 15) is 9.59 Å². The van der Waals surface area contributed by atoms with Crippen molar-refractivity contribution in [3.8, 4) is 0 Å². The number of rotatable bonds is 6. The van der Waals surface area contributed by atoms with E-state index >= 15 is 0 Å². The molecule has 3 fully saturated rings. The lowest BCUT2D eigenvalue weighted by atomic mass is 10.1. The summed E-state index contributed by atoms with van der Waals surface area (Å²) in [5, 5.41) is 10.3. The van der Waals surface area contributed by atoms with Gasteiger partial charge in [0.2, 0.25) is 5.91 Å². The maximum absolute atomic E-state index is 12.5. The van der Waals surface area contributed by atoms with Crippen LogP contribution in [0.15, 0.2) is 36.5 Å². The quantitative estimate of drug-likeness (QED) is 0.790. The van der Waals surface area contributed by atoms with Gasteiger partial charge >= 0.3 is 6.03 Å². The first kappa shape index (κ1) is 18.2. The fourth-order valence-electron chi connectivity index (χ4n) is 4.57. The molecule has 2 aromatic rings. The van der Waals surface area contributed by atoms with Gasteiger partial charge in [-0.3, -0.25) is 9.48 Å². The maximum atomic E-state index is 12.5. The van der Waals surface area contributed by atoms with Gasteiger partial charge in [-0.1, -0.05) is 30.3 Å². The summed E-state index contributed by atoms with van der Waals surface area (Å²) in [5.41, 5.74) is 3.60. The van der Waals surface area contributed by atoms with Crippen LogP contribution >= 0.6 is 0 Å². The number of nitrogens with zero attached hydrogens (tertiary/aromatic N) is 3. The molecule has 0 radical (unpaired) electrons. The first-order valence-electron chi connectivity index (χ1n) is 10.5. The summed E-state index contributed by atoms with van der Waals surface area (Å²) in [4.78, 5) is 26.8. The number of amides is 3. The molecule has 1 aromatic carbocycles. The largest absolute Gasteiger partial charge is 0.337 e. The van der Waals surface area contributed by atoms with Crippen LogP contribution in [0.4, 0.5) is 4.79 Å². The van der Waals surface area contributed by atoms with E-state index in [1.807, 2.05) is 41.0 Å². The summed E-state index contributed by atoms with van der Waals surface area (Å²) in [6.07, 6.45) is 5.72. The minimum absolute atomic E-state index is 0.131. The number of aryl methyl sites for hydroxylation is 1. The van der Waals surface area contributed by atoms with Crippen molar-refractivity contribution in [2.24, 2.45) is 7.05 Å². The van der Waals surface area contributed by atoms with Crippen LogP contribution in [-0.2, 0) is 18.4 Å². The number of hydrogen-bond donors (Lipinski definition) is 2. The highest BCUT2D eigenvalue weighted by Crippen LogP contribution is 2.46. The fourth-order valence-corrected chi connectivity index (χ4v) is 4.57. The summed E-state index contributed by atoms with van der Waals surface area (Å²) in [6.45, 7) is 1.05. The predicted octanol–water partition coefficient (Wildman–Crippen LogP) is 2.25. The van der Waals surface area contributed by atoms with Crippen molar-refractivity contribution >= 4 is 11.9 Å². The maximum Gasteiger partial charge on any atom is 0.315 e. The third-order valence-corrected chi connectivity index (χ3v) is 6.41. The molecule has 0 spiro atoms. The first-order valence-corrected chi connectivity index (χ1v) is 10.5. The van der Waals surface area contributed by atoms with E-state index in [-0.39, 0.29) is 24.0 Å². The lowest BCUT2D eigenvalue weighted by Gasteiger charge is -2.18. The summed E-state index contributed by atoms with van der Waals surface area (Å²) >= 11 is 0. The number of hydrogen-bond acceptors (Lipinski definition) is 3. The number of urea groups is 1. The Morgan fingerprint density at radius 3 is 2.79 bits per heavy atom. The average Bonchev–Trinajstić information content (AvgIpc) is 3.63. The minimum atomic E-state index is -0.219. The zero-order chi connectivity index (χ0) is 20.0. The summed E-state index contributed by atoms with van der Waals surface area (Å²) < 4.78 is 1.84. The van der Waals surface area contributed by atoms with Crippen LogP contribution in [0.5, 0.6) is 0 Å². The minimum Gasteiger partial charge on any atom is -0.337 e. The van der Waals surface area contributed by atoms with E-state index in [0.717, 1.165) is 12.1 Å². The normalized spacial score (nSPS) is 25.9. The van der Waals surface area contributed by atoms with Crippen LogP contribution in [0.3, 0.4) is 0 Å². The Morgan fingerprint density at radius 1 is 1.24 bits per heavy atom. The number of likely N-dealkylation sites (tertiary alicyclic amines) is 1. The van der Waals surface area contributed by atoms with E-state index in [0.29, 0.717) is 31.3 Å². The molecule has 2 heterocycles. The summed E-state index contributed by atoms with van der Waals surface area (Å²) in [6, 6.07) is 10.3. The Bertz CT molecular complexity index is 921. The third kappa shape index (κ3) is 3.73. The molecule has 3 amide bonds. The highest BCUT2D eigenvalue weighted by molar-refractivity contribution is 5.82. The topological polar surface area (TPSA) is 79.3 Å². The predicted molar refractivity (Wildman–Crippen MR) is 108 cm³/mol. The molecule has 2 aliphatic carbocycles. The van der Waals surface area contributed by atoms with Gasteiger partial charge in [0.15, 0.2) is 0 Å². The van der Waals surface area contributed by atoms with Crippen molar-refractivity contribution in [2.45, 2.75) is 56.1 Å². The van der Waals surface area contributed by atoms with Gasteiger partial charge in [0.1, 0.15) is 0 Å². The lowest BCUT2D eigenvalue weighted by molar-refractivity contribution is -0.128. The second kappa shape index (κ2) is 7.21. The van der Waals surface area contributed by atoms with Crippen molar-refractivity contribution < 1.29 is 9.59 Å². The van der Waals surface area contributed by atoms with Crippen LogP contribution in [0.2, 0.25) is 0 Å². The lowest BCUT2D eigenvalue weighted by Crippen LogP contribution is -2.43. The highest BCUT2D eigenvalue weighted by atomic mass is 16.2. The molecule has 7 nitrogen and oxygen atoms in total. The van der Waals surface area contributed by atoms with Crippen LogP contribution in [0.1, 0.15) is 54.3 Å². The second-order valence-electron chi connectivity index (χ2n) is 8.54. The Hall–Kier alpha value is -2.83. The van der Waals surface area contributed by atoms with Crippen LogP contribution in [-0.4, -0.2) is 45.2 Å². The highest BCUT2D eigenvalue weighted by Gasteiger charge is 2.48. The van der Waals surface area contributed by atoms with Gasteiger partial charge in [0.05, 0.1) is 24.5 Å². The van der Waals surface area contributed by atoms with E-state index < -0.39 is 0 Å². The van der Waals surface area contributed by atoms with Gasteiger partial charge < -0.3 is 15.5 Å². The zero-order valence-electron chi connectivity index (χ0n) is 16.7. The number of carbonyl (C=O) groups excluding carboxylic acids is 2. The van der Waals surface area contributed by atoms with Crippen LogP contribution in [0.25, 0.3) is 0 Å². The molecule has 2 saturated carbocycles. The van der Waals surface area contributed by atoms with Gasteiger partial charge in [-0.15, -0.1) is 0 Å². The molecule has 7 heteroatoms. The molecule has 152 valence electrons. The van der Waals surface area contributed by atoms with E-state index in [1.54, 1.807) is 0 Å². The van der Waals surface area contributed by atoms with Crippen LogP contribution in [0, 0.1) is 0 Å². The van der Waals surface area contributed by atoms with Crippen molar-refractivity contribution in [1.82, 2.24) is 25.3 Å². The Balaban J connectivity index is 1.13. The first-order chi connectivity index (χ1) is 14.1. The second-order valence-corrected chi connectivity index (χ2v) is 8.54. The van der Waals surface area contributed by atoms with Crippen molar-refractivity contribution in [3.63, 3.8) is 0 Å². The molecule has 3 atom stereocenters. The molecule has 3 aliphatic rings. The Labute approximate surface area is 170 Å². The van der Waals surface area contributed by atoms with Crippen LogP contribution < -0.4 is 10.6 Å². The van der Waals surface area contributed by atoms with E-state index in [4.69, 9.17) is 0 Å². The number of benzene rings is 1. The van der Waals surface area contributed by atoms with Gasteiger partial charge in [0, 0.05) is 32.0 Å². The molecule has 5 rings (SSSR count). The molecule has 2 N–H and O–H groups in total. The van der Waals surface area contributed by atoms with E-state index in [2.05, 4.69) is 27.9 Å². The molecule has 29 heavy (non-hydrogen) atoms.